The molecule has 0 heterocycles. The molecule has 2 unspecified atom stereocenters. The molecule has 1 rings (SSSR count). The number of ether oxygens (including phenoxy) is 1. The highest BCUT2D eigenvalue weighted by Crippen LogP contribution is 2.35. The fraction of sp³-hybridized carbons (Fsp3) is 0.667. The highest BCUT2D eigenvalue weighted by molar-refractivity contribution is 5.81. The van der Waals surface area contributed by atoms with Gasteiger partial charge in [0.2, 0.25) is 0 Å². The Kier molecular flexibility index (Phi) is 3.45. The lowest BCUT2D eigenvalue weighted by atomic mass is 10.4. The van der Waals surface area contributed by atoms with Gasteiger partial charge in [0.25, 0.3) is 5.91 Å². The molecule has 74 valence electrons. The largest absolute Gasteiger partial charge is 0.373 e. The van der Waals surface area contributed by atoms with Crippen LogP contribution < -0.4 is 0 Å². The minimum atomic E-state index is -0.0232. The van der Waals surface area contributed by atoms with Gasteiger partial charge in [-0.15, -0.1) is 6.58 Å². The van der Waals surface area contributed by atoms with Gasteiger partial charge >= 0.3 is 0 Å². The van der Waals surface area contributed by atoms with Crippen molar-refractivity contribution in [2.24, 2.45) is 5.92 Å². The van der Waals surface area contributed by atoms with E-state index in [0.29, 0.717) is 6.61 Å². The van der Waals surface area contributed by atoms with E-state index in [-0.39, 0.29) is 17.9 Å². The molecule has 1 fully saturated rings. The van der Waals surface area contributed by atoms with Crippen molar-refractivity contribution in [3.63, 3.8) is 0 Å². The normalized spacial score (nSPS) is 25.4. The van der Waals surface area contributed by atoms with E-state index < -0.39 is 0 Å². The van der Waals surface area contributed by atoms with Crippen LogP contribution in [0.25, 0.3) is 0 Å². The van der Waals surface area contributed by atoms with Gasteiger partial charge in [-0.25, -0.2) is 5.06 Å². The molecule has 0 spiro atoms. The second kappa shape index (κ2) is 4.39. The first-order chi connectivity index (χ1) is 6.20. The fourth-order valence-electron chi connectivity index (χ4n) is 1.13. The van der Waals surface area contributed by atoms with E-state index in [0.717, 1.165) is 6.42 Å². The molecule has 0 aromatic carbocycles. The molecule has 0 aromatic heterocycles. The number of amides is 1. The Morgan fingerprint density at radius 1 is 1.77 bits per heavy atom. The van der Waals surface area contributed by atoms with Gasteiger partial charge < -0.3 is 4.74 Å². The summed E-state index contributed by atoms with van der Waals surface area (Å²) in [5, 5.41) is 1.24. The van der Waals surface area contributed by atoms with E-state index in [2.05, 4.69) is 6.58 Å². The van der Waals surface area contributed by atoms with Crippen molar-refractivity contribution >= 4 is 5.91 Å². The number of hydrogen-bond donors (Lipinski definition) is 0. The lowest BCUT2D eigenvalue weighted by Crippen LogP contribution is -2.28. The Balaban J connectivity index is 2.25. The molecule has 2 atom stereocenters. The van der Waals surface area contributed by atoms with Crippen molar-refractivity contribution in [2.45, 2.75) is 12.5 Å². The van der Waals surface area contributed by atoms with Crippen LogP contribution in [0.1, 0.15) is 6.42 Å². The standard InChI is InChI=1S/C9H15NO3/c1-4-5-13-8-6-7(8)9(11)10(2)12-3/h4,7-8H,1,5-6H2,2-3H3. The molecule has 1 aliphatic carbocycles. The summed E-state index contributed by atoms with van der Waals surface area (Å²) in [6.45, 7) is 4.04. The van der Waals surface area contributed by atoms with Crippen molar-refractivity contribution < 1.29 is 14.4 Å². The third-order valence-electron chi connectivity index (χ3n) is 2.06. The summed E-state index contributed by atoms with van der Waals surface area (Å²) in [6.07, 6.45) is 2.53. The fourth-order valence-corrected chi connectivity index (χ4v) is 1.13. The zero-order valence-electron chi connectivity index (χ0n) is 8.03. The number of carbonyl (C=O) groups is 1. The molecule has 13 heavy (non-hydrogen) atoms. The van der Waals surface area contributed by atoms with Crippen LogP contribution in [0.2, 0.25) is 0 Å². The Labute approximate surface area is 78.1 Å². The van der Waals surface area contributed by atoms with Crippen molar-refractivity contribution in [3.8, 4) is 0 Å². The molecule has 1 saturated carbocycles. The van der Waals surface area contributed by atoms with Gasteiger partial charge in [-0.3, -0.25) is 9.63 Å². The van der Waals surface area contributed by atoms with Crippen LogP contribution in [0.4, 0.5) is 0 Å². The van der Waals surface area contributed by atoms with Crippen LogP contribution >= 0.6 is 0 Å². The molecule has 0 aliphatic heterocycles. The maximum absolute atomic E-state index is 11.4. The first-order valence-electron chi connectivity index (χ1n) is 4.25. The zero-order valence-corrected chi connectivity index (χ0v) is 8.03. The van der Waals surface area contributed by atoms with Crippen LogP contribution in [0.3, 0.4) is 0 Å². The SMILES string of the molecule is C=CCOC1CC1C(=O)N(C)OC. The Morgan fingerprint density at radius 3 is 3.00 bits per heavy atom. The van der Waals surface area contributed by atoms with Crippen molar-refractivity contribution in [3.05, 3.63) is 12.7 Å². The van der Waals surface area contributed by atoms with Gasteiger partial charge in [0, 0.05) is 7.05 Å². The number of hydrogen-bond acceptors (Lipinski definition) is 3. The minimum absolute atomic E-state index is 0.0171. The van der Waals surface area contributed by atoms with Crippen molar-refractivity contribution in [1.82, 2.24) is 5.06 Å². The molecule has 0 saturated heterocycles. The van der Waals surface area contributed by atoms with E-state index in [1.807, 2.05) is 0 Å². The lowest BCUT2D eigenvalue weighted by Gasteiger charge is -2.12. The van der Waals surface area contributed by atoms with Gasteiger partial charge in [0.05, 0.1) is 25.7 Å². The first-order valence-corrected chi connectivity index (χ1v) is 4.25. The smallest absolute Gasteiger partial charge is 0.251 e. The van der Waals surface area contributed by atoms with Crippen molar-refractivity contribution in [1.29, 1.82) is 0 Å². The van der Waals surface area contributed by atoms with Gasteiger partial charge in [0.1, 0.15) is 0 Å². The second-order valence-electron chi connectivity index (χ2n) is 3.02. The van der Waals surface area contributed by atoms with Gasteiger partial charge in [-0.2, -0.15) is 0 Å². The van der Waals surface area contributed by atoms with E-state index in [1.165, 1.54) is 12.2 Å². The van der Waals surface area contributed by atoms with E-state index in [1.54, 1.807) is 13.1 Å². The summed E-state index contributed by atoms with van der Waals surface area (Å²) in [5.41, 5.74) is 0. The number of nitrogens with zero attached hydrogens (tertiary/aromatic N) is 1. The number of rotatable bonds is 5. The highest BCUT2D eigenvalue weighted by atomic mass is 16.7. The third kappa shape index (κ3) is 2.54. The Bertz CT molecular complexity index is 205. The molecular weight excluding hydrogens is 170 g/mol. The summed E-state index contributed by atoms with van der Waals surface area (Å²) in [4.78, 5) is 16.2. The average Bonchev–Trinajstić information content (AvgIpc) is 2.91. The first kappa shape index (κ1) is 10.2. The molecule has 0 aromatic rings. The molecule has 1 aliphatic rings. The summed E-state index contributed by atoms with van der Waals surface area (Å²) < 4.78 is 5.31. The molecule has 4 heteroatoms. The zero-order chi connectivity index (χ0) is 9.84. The monoisotopic (exact) mass is 185 g/mol. The Hall–Kier alpha value is -0.870. The maximum Gasteiger partial charge on any atom is 0.251 e. The Morgan fingerprint density at radius 2 is 2.46 bits per heavy atom. The molecular formula is C9H15NO3. The van der Waals surface area contributed by atoms with Gasteiger partial charge in [-0.1, -0.05) is 6.08 Å². The summed E-state index contributed by atoms with van der Waals surface area (Å²) in [6, 6.07) is 0. The highest BCUT2D eigenvalue weighted by Gasteiger charge is 2.45. The molecule has 0 radical (unpaired) electrons. The maximum atomic E-state index is 11.4. The summed E-state index contributed by atoms with van der Waals surface area (Å²) in [5.74, 6) is -0.0403. The molecule has 0 bridgehead atoms. The van der Waals surface area contributed by atoms with Crippen LogP contribution in [0.15, 0.2) is 12.7 Å². The average molecular weight is 185 g/mol. The van der Waals surface area contributed by atoms with E-state index in [9.17, 15) is 4.79 Å². The van der Waals surface area contributed by atoms with Gasteiger partial charge in [0.15, 0.2) is 0 Å². The third-order valence-corrected chi connectivity index (χ3v) is 2.06. The van der Waals surface area contributed by atoms with E-state index in [4.69, 9.17) is 9.57 Å². The van der Waals surface area contributed by atoms with Crippen LogP contribution in [0.5, 0.6) is 0 Å². The predicted molar refractivity (Wildman–Crippen MR) is 47.8 cm³/mol. The summed E-state index contributed by atoms with van der Waals surface area (Å²) >= 11 is 0. The second-order valence-corrected chi connectivity index (χ2v) is 3.02. The number of carbonyl (C=O) groups excluding carboxylic acids is 1. The topological polar surface area (TPSA) is 38.8 Å². The minimum Gasteiger partial charge on any atom is -0.373 e. The van der Waals surface area contributed by atoms with E-state index >= 15 is 0 Å². The van der Waals surface area contributed by atoms with Crippen molar-refractivity contribution in [2.75, 3.05) is 20.8 Å². The summed E-state index contributed by atoms with van der Waals surface area (Å²) in [7, 11) is 3.07. The van der Waals surface area contributed by atoms with Crippen LogP contribution in [0, 0.1) is 5.92 Å². The van der Waals surface area contributed by atoms with Gasteiger partial charge in [-0.05, 0) is 6.42 Å². The number of hydroxylamine groups is 2. The van der Waals surface area contributed by atoms with Crippen LogP contribution in [-0.4, -0.2) is 37.8 Å². The predicted octanol–water partition coefficient (Wildman–Crippen LogP) is 0.597. The molecule has 1 amide bonds. The lowest BCUT2D eigenvalue weighted by molar-refractivity contribution is -0.171. The molecule has 0 N–H and O–H groups in total. The quantitative estimate of drug-likeness (QED) is 0.465. The molecule has 4 nitrogen and oxygen atoms in total. The van der Waals surface area contributed by atoms with Crippen LogP contribution in [-0.2, 0) is 14.4 Å².